The Hall–Kier alpha value is -2.06. The fraction of sp³-hybridized carbons (Fsp3) is 0.182. The zero-order chi connectivity index (χ0) is 12.4. The van der Waals surface area contributed by atoms with Gasteiger partial charge >= 0.3 is 5.97 Å². The van der Waals surface area contributed by atoms with Crippen molar-refractivity contribution in [3.05, 3.63) is 34.7 Å². The average Bonchev–Trinajstić information content (AvgIpc) is 2.73. The van der Waals surface area contributed by atoms with E-state index in [1.165, 1.54) is 16.7 Å². The Morgan fingerprint density at radius 3 is 3.06 bits per heavy atom. The highest BCUT2D eigenvalue weighted by atomic mass is 35.5. The van der Waals surface area contributed by atoms with Crippen LogP contribution >= 0.6 is 11.6 Å². The maximum Gasteiger partial charge on any atom is 0.358 e. The fourth-order valence-corrected chi connectivity index (χ4v) is 1.68. The Morgan fingerprint density at radius 2 is 2.41 bits per heavy atom. The summed E-state index contributed by atoms with van der Waals surface area (Å²) in [7, 11) is 0. The predicted octanol–water partition coefficient (Wildman–Crippen LogP) is 2.04. The number of nitrogens with zero attached hydrogens (tertiary/aromatic N) is 3. The molecule has 0 aliphatic heterocycles. The summed E-state index contributed by atoms with van der Waals surface area (Å²) < 4.78 is 6.37. The van der Waals surface area contributed by atoms with E-state index in [1.54, 1.807) is 13.1 Å². The van der Waals surface area contributed by atoms with Gasteiger partial charge in [0.1, 0.15) is 6.07 Å². The van der Waals surface area contributed by atoms with Gasteiger partial charge in [0.25, 0.3) is 0 Å². The number of halogens is 1. The van der Waals surface area contributed by atoms with E-state index in [9.17, 15) is 4.79 Å². The van der Waals surface area contributed by atoms with Crippen LogP contribution in [0.15, 0.2) is 18.5 Å². The maximum atomic E-state index is 11.5. The molecule has 2 aromatic heterocycles. The minimum Gasteiger partial charge on any atom is -0.461 e. The second kappa shape index (κ2) is 4.44. The average molecular weight is 250 g/mol. The number of pyridine rings is 1. The van der Waals surface area contributed by atoms with Gasteiger partial charge in [0.15, 0.2) is 11.3 Å². The van der Waals surface area contributed by atoms with Crippen molar-refractivity contribution in [2.24, 2.45) is 0 Å². The first-order chi connectivity index (χ1) is 8.15. The largest absolute Gasteiger partial charge is 0.461 e. The minimum absolute atomic E-state index is 0.170. The first kappa shape index (κ1) is 11.4. The number of ether oxygens (including phenoxy) is 1. The summed E-state index contributed by atoms with van der Waals surface area (Å²) in [5.74, 6) is -0.509. The van der Waals surface area contributed by atoms with Crippen LogP contribution in [-0.4, -0.2) is 22.0 Å². The van der Waals surface area contributed by atoms with Crippen molar-refractivity contribution in [1.82, 2.24) is 9.38 Å². The van der Waals surface area contributed by atoms with Gasteiger partial charge < -0.3 is 9.14 Å². The lowest BCUT2D eigenvalue weighted by molar-refractivity contribution is 0.0520. The smallest absolute Gasteiger partial charge is 0.358 e. The van der Waals surface area contributed by atoms with Crippen molar-refractivity contribution >= 4 is 23.2 Å². The van der Waals surface area contributed by atoms with E-state index in [2.05, 4.69) is 4.98 Å². The van der Waals surface area contributed by atoms with Crippen LogP contribution in [0.25, 0.3) is 5.65 Å². The SMILES string of the molecule is CCOC(=O)c1cn2cc(C#N)cc(Cl)c2n1. The summed E-state index contributed by atoms with van der Waals surface area (Å²) >= 11 is 5.95. The monoisotopic (exact) mass is 249 g/mol. The Labute approximate surface area is 102 Å². The van der Waals surface area contributed by atoms with Gasteiger partial charge in [0.2, 0.25) is 0 Å². The zero-order valence-corrected chi connectivity index (χ0v) is 9.73. The van der Waals surface area contributed by atoms with Crippen molar-refractivity contribution < 1.29 is 9.53 Å². The lowest BCUT2D eigenvalue weighted by Crippen LogP contribution is -2.04. The number of imidazole rings is 1. The molecular formula is C11H8ClN3O2. The molecular weight excluding hydrogens is 242 g/mol. The minimum atomic E-state index is -0.509. The summed E-state index contributed by atoms with van der Waals surface area (Å²) in [5.41, 5.74) is 0.993. The molecule has 86 valence electrons. The molecule has 0 fully saturated rings. The van der Waals surface area contributed by atoms with Gasteiger partial charge in [-0.2, -0.15) is 5.26 Å². The van der Waals surface area contributed by atoms with Crippen molar-refractivity contribution in [1.29, 1.82) is 5.26 Å². The van der Waals surface area contributed by atoms with Crippen molar-refractivity contribution in [3.63, 3.8) is 0 Å². The van der Waals surface area contributed by atoms with Gasteiger partial charge in [-0.1, -0.05) is 11.6 Å². The van der Waals surface area contributed by atoms with Gasteiger partial charge in [-0.25, -0.2) is 9.78 Å². The van der Waals surface area contributed by atoms with E-state index < -0.39 is 5.97 Å². The van der Waals surface area contributed by atoms with E-state index in [1.807, 2.05) is 6.07 Å². The van der Waals surface area contributed by atoms with Crippen molar-refractivity contribution in [2.75, 3.05) is 6.61 Å². The lowest BCUT2D eigenvalue weighted by atomic mass is 10.3. The molecule has 0 radical (unpaired) electrons. The molecule has 0 spiro atoms. The van der Waals surface area contributed by atoms with E-state index in [0.29, 0.717) is 16.2 Å². The number of hydrogen-bond donors (Lipinski definition) is 0. The van der Waals surface area contributed by atoms with Gasteiger partial charge in [0.05, 0.1) is 17.2 Å². The molecule has 0 atom stereocenters. The first-order valence-corrected chi connectivity index (χ1v) is 5.29. The molecule has 0 aliphatic carbocycles. The zero-order valence-electron chi connectivity index (χ0n) is 8.98. The summed E-state index contributed by atoms with van der Waals surface area (Å²) in [5, 5.41) is 9.11. The molecule has 2 aromatic rings. The second-order valence-corrected chi connectivity index (χ2v) is 3.67. The highest BCUT2D eigenvalue weighted by Crippen LogP contribution is 2.19. The standard InChI is InChI=1S/C11H8ClN3O2/c1-2-17-11(16)9-6-15-5-7(4-13)3-8(12)10(15)14-9/h3,5-6H,2H2,1H3. The Kier molecular flexibility index (Phi) is 2.98. The van der Waals surface area contributed by atoms with Crippen LogP contribution in [0.1, 0.15) is 23.0 Å². The van der Waals surface area contributed by atoms with E-state index in [0.717, 1.165) is 0 Å². The highest BCUT2D eigenvalue weighted by Gasteiger charge is 2.13. The normalized spacial score (nSPS) is 10.2. The summed E-state index contributed by atoms with van der Waals surface area (Å²) in [6.45, 7) is 2.00. The molecule has 0 amide bonds. The molecule has 0 bridgehead atoms. The quantitative estimate of drug-likeness (QED) is 0.764. The molecule has 0 unspecified atom stereocenters. The van der Waals surface area contributed by atoms with Crippen LogP contribution in [0.2, 0.25) is 5.02 Å². The third-order valence-electron chi connectivity index (χ3n) is 2.12. The van der Waals surface area contributed by atoms with Gasteiger partial charge in [0, 0.05) is 12.4 Å². The highest BCUT2D eigenvalue weighted by molar-refractivity contribution is 6.33. The van der Waals surface area contributed by atoms with Crippen LogP contribution in [-0.2, 0) is 4.74 Å². The first-order valence-electron chi connectivity index (χ1n) is 4.91. The molecule has 0 saturated heterocycles. The molecule has 5 nitrogen and oxygen atoms in total. The van der Waals surface area contributed by atoms with Gasteiger partial charge in [-0.05, 0) is 13.0 Å². The molecule has 2 heterocycles. The number of esters is 1. The van der Waals surface area contributed by atoms with Crippen LogP contribution in [0.5, 0.6) is 0 Å². The Balaban J connectivity index is 2.54. The fourth-order valence-electron chi connectivity index (χ4n) is 1.42. The van der Waals surface area contributed by atoms with Crippen LogP contribution in [0.4, 0.5) is 0 Å². The van der Waals surface area contributed by atoms with Gasteiger partial charge in [-0.15, -0.1) is 0 Å². The summed E-state index contributed by atoms with van der Waals surface area (Å²) in [6.07, 6.45) is 3.04. The lowest BCUT2D eigenvalue weighted by Gasteiger charge is -1.95. The molecule has 2 rings (SSSR count). The third-order valence-corrected chi connectivity index (χ3v) is 2.40. The number of carbonyl (C=O) groups is 1. The number of aromatic nitrogens is 2. The summed E-state index contributed by atoms with van der Waals surface area (Å²) in [4.78, 5) is 15.5. The van der Waals surface area contributed by atoms with Crippen LogP contribution in [0, 0.1) is 11.3 Å². The number of nitriles is 1. The van der Waals surface area contributed by atoms with Crippen molar-refractivity contribution in [3.8, 4) is 6.07 Å². The number of fused-ring (bicyclic) bond motifs is 1. The Bertz CT molecular complexity index is 627. The summed E-state index contributed by atoms with van der Waals surface area (Å²) in [6, 6.07) is 3.47. The molecule has 0 aromatic carbocycles. The molecule has 6 heteroatoms. The molecule has 17 heavy (non-hydrogen) atoms. The molecule has 0 saturated carbocycles. The second-order valence-electron chi connectivity index (χ2n) is 3.27. The van der Waals surface area contributed by atoms with Crippen LogP contribution in [0.3, 0.4) is 0 Å². The van der Waals surface area contributed by atoms with Crippen LogP contribution < -0.4 is 0 Å². The molecule has 0 aliphatic rings. The van der Waals surface area contributed by atoms with Gasteiger partial charge in [-0.3, -0.25) is 0 Å². The predicted molar refractivity (Wildman–Crippen MR) is 60.9 cm³/mol. The van der Waals surface area contributed by atoms with E-state index >= 15 is 0 Å². The van der Waals surface area contributed by atoms with E-state index in [4.69, 9.17) is 21.6 Å². The van der Waals surface area contributed by atoms with Crippen molar-refractivity contribution in [2.45, 2.75) is 6.92 Å². The number of rotatable bonds is 2. The topological polar surface area (TPSA) is 67.4 Å². The third kappa shape index (κ3) is 2.08. The number of carbonyl (C=O) groups excluding carboxylic acids is 1. The maximum absolute atomic E-state index is 11.5. The van der Waals surface area contributed by atoms with E-state index in [-0.39, 0.29) is 12.3 Å². The molecule has 0 N–H and O–H groups in total. The number of hydrogen-bond acceptors (Lipinski definition) is 4. The Morgan fingerprint density at radius 1 is 1.65 bits per heavy atom.